The van der Waals surface area contributed by atoms with Gasteiger partial charge in [0.1, 0.15) is 12.1 Å². The number of Topliss-reactive ketones (excluding diaryl/α,β-unsaturated/α-hetero) is 1. The van der Waals surface area contributed by atoms with E-state index in [-0.39, 0.29) is 35.4 Å². The van der Waals surface area contributed by atoms with Crippen LogP contribution in [0.5, 0.6) is 11.8 Å². The Balaban J connectivity index is 2.99. The highest BCUT2D eigenvalue weighted by Gasteiger charge is 2.18. The van der Waals surface area contributed by atoms with E-state index in [4.69, 9.17) is 0 Å². The number of hydrogen-bond acceptors (Lipinski definition) is 5. The summed E-state index contributed by atoms with van der Waals surface area (Å²) >= 11 is 0. The third-order valence-corrected chi connectivity index (χ3v) is 1.93. The number of aromatic hydroxyl groups is 2. The van der Waals surface area contributed by atoms with Crippen molar-refractivity contribution >= 4 is 5.78 Å². The standard InChI is InChI=1S/C9H12N2O3/c1-5(3-6(2)12)7-8(13)10-4-11-9(7)14/h4-5H,3H2,1-2H3,(H2,10,11,13,14)/t5-/m1/s1. The molecule has 0 aliphatic heterocycles. The fourth-order valence-corrected chi connectivity index (χ4v) is 1.35. The van der Waals surface area contributed by atoms with Crippen LogP contribution in [0.1, 0.15) is 31.7 Å². The summed E-state index contributed by atoms with van der Waals surface area (Å²) in [5.74, 6) is -0.841. The average Bonchev–Trinajstić information content (AvgIpc) is 2.01. The first-order valence-corrected chi connectivity index (χ1v) is 4.24. The number of carbonyl (C=O) groups excluding carboxylic acids is 1. The smallest absolute Gasteiger partial charge is 0.221 e. The third kappa shape index (κ3) is 2.18. The average molecular weight is 196 g/mol. The molecule has 1 aromatic rings. The number of hydrogen-bond donors (Lipinski definition) is 2. The normalized spacial score (nSPS) is 12.4. The van der Waals surface area contributed by atoms with Crippen molar-refractivity contribution < 1.29 is 15.0 Å². The lowest BCUT2D eigenvalue weighted by Crippen LogP contribution is -2.02. The Morgan fingerprint density at radius 2 is 1.93 bits per heavy atom. The molecule has 14 heavy (non-hydrogen) atoms. The van der Waals surface area contributed by atoms with Crippen molar-refractivity contribution in [3.63, 3.8) is 0 Å². The predicted octanol–water partition coefficient (Wildman–Crippen LogP) is 0.970. The molecule has 0 spiro atoms. The highest BCUT2D eigenvalue weighted by Crippen LogP contribution is 2.31. The quantitative estimate of drug-likeness (QED) is 0.752. The van der Waals surface area contributed by atoms with Gasteiger partial charge in [-0.1, -0.05) is 6.92 Å². The monoisotopic (exact) mass is 196 g/mol. The van der Waals surface area contributed by atoms with E-state index in [0.717, 1.165) is 6.33 Å². The summed E-state index contributed by atoms with van der Waals surface area (Å²) < 4.78 is 0. The van der Waals surface area contributed by atoms with Gasteiger partial charge in [-0.05, 0) is 12.8 Å². The van der Waals surface area contributed by atoms with Crippen LogP contribution in [0.25, 0.3) is 0 Å². The molecule has 1 rings (SSSR count). The fourth-order valence-electron chi connectivity index (χ4n) is 1.35. The van der Waals surface area contributed by atoms with Gasteiger partial charge in [-0.15, -0.1) is 0 Å². The molecule has 0 unspecified atom stereocenters. The number of rotatable bonds is 3. The molecule has 0 saturated heterocycles. The number of carbonyl (C=O) groups is 1. The van der Waals surface area contributed by atoms with Gasteiger partial charge in [-0.2, -0.15) is 0 Å². The molecule has 0 radical (unpaired) electrons. The Morgan fingerprint density at radius 1 is 1.43 bits per heavy atom. The highest BCUT2D eigenvalue weighted by atomic mass is 16.3. The lowest BCUT2D eigenvalue weighted by Gasteiger charge is -2.11. The van der Waals surface area contributed by atoms with Crippen LogP contribution in [0.15, 0.2) is 6.33 Å². The van der Waals surface area contributed by atoms with Crippen molar-refractivity contribution in [2.75, 3.05) is 0 Å². The molecule has 0 fully saturated rings. The van der Waals surface area contributed by atoms with Gasteiger partial charge in [0.15, 0.2) is 0 Å². The number of nitrogens with zero attached hydrogens (tertiary/aromatic N) is 2. The molecule has 76 valence electrons. The summed E-state index contributed by atoms with van der Waals surface area (Å²) in [7, 11) is 0. The van der Waals surface area contributed by atoms with E-state index in [1.807, 2.05) is 0 Å². The lowest BCUT2D eigenvalue weighted by atomic mass is 9.98. The van der Waals surface area contributed by atoms with E-state index in [1.165, 1.54) is 6.92 Å². The van der Waals surface area contributed by atoms with Crippen LogP contribution in [-0.2, 0) is 4.79 Å². The van der Waals surface area contributed by atoms with Crippen LogP contribution in [0, 0.1) is 0 Å². The Hall–Kier alpha value is -1.65. The molecule has 1 atom stereocenters. The van der Waals surface area contributed by atoms with E-state index in [2.05, 4.69) is 9.97 Å². The first-order chi connectivity index (χ1) is 6.52. The topological polar surface area (TPSA) is 83.3 Å². The Morgan fingerprint density at radius 3 is 2.36 bits per heavy atom. The Kier molecular flexibility index (Phi) is 3.01. The molecule has 5 heteroatoms. The molecule has 0 aliphatic rings. The van der Waals surface area contributed by atoms with Gasteiger partial charge in [-0.25, -0.2) is 9.97 Å². The molecule has 0 aromatic carbocycles. The molecule has 2 N–H and O–H groups in total. The largest absolute Gasteiger partial charge is 0.493 e. The number of aromatic nitrogens is 2. The maximum Gasteiger partial charge on any atom is 0.221 e. The van der Waals surface area contributed by atoms with E-state index >= 15 is 0 Å². The van der Waals surface area contributed by atoms with Gasteiger partial charge in [0, 0.05) is 6.42 Å². The van der Waals surface area contributed by atoms with Gasteiger partial charge < -0.3 is 15.0 Å². The summed E-state index contributed by atoms with van der Waals surface area (Å²) in [6.45, 7) is 3.17. The van der Waals surface area contributed by atoms with Crippen LogP contribution in [0.4, 0.5) is 0 Å². The molecule has 0 saturated carbocycles. The third-order valence-electron chi connectivity index (χ3n) is 1.93. The predicted molar refractivity (Wildman–Crippen MR) is 49.1 cm³/mol. The maximum atomic E-state index is 10.8. The summed E-state index contributed by atoms with van der Waals surface area (Å²) in [5.41, 5.74) is 0.225. The highest BCUT2D eigenvalue weighted by molar-refractivity contribution is 5.76. The van der Waals surface area contributed by atoms with Crippen molar-refractivity contribution in [1.29, 1.82) is 0 Å². The fraction of sp³-hybridized carbons (Fsp3) is 0.444. The summed E-state index contributed by atoms with van der Waals surface area (Å²) in [6, 6.07) is 0. The minimum Gasteiger partial charge on any atom is -0.493 e. The van der Waals surface area contributed by atoms with Crippen molar-refractivity contribution in [1.82, 2.24) is 9.97 Å². The summed E-state index contributed by atoms with van der Waals surface area (Å²) in [4.78, 5) is 17.9. The zero-order valence-electron chi connectivity index (χ0n) is 8.06. The molecule has 1 heterocycles. The molecule has 0 aliphatic carbocycles. The van der Waals surface area contributed by atoms with E-state index in [0.29, 0.717) is 0 Å². The maximum absolute atomic E-state index is 10.8. The van der Waals surface area contributed by atoms with Crippen molar-refractivity contribution in [3.8, 4) is 11.8 Å². The van der Waals surface area contributed by atoms with Crippen LogP contribution in [0.2, 0.25) is 0 Å². The van der Waals surface area contributed by atoms with Gasteiger partial charge in [0.25, 0.3) is 0 Å². The second-order valence-electron chi connectivity index (χ2n) is 3.24. The Labute approximate surface area is 81.4 Å². The minimum absolute atomic E-state index is 0.0137. The zero-order valence-corrected chi connectivity index (χ0v) is 8.06. The molecule has 1 aromatic heterocycles. The molecule has 5 nitrogen and oxygen atoms in total. The molecular formula is C9H12N2O3. The van der Waals surface area contributed by atoms with E-state index in [1.54, 1.807) is 6.92 Å². The Bertz CT molecular complexity index is 332. The number of ketones is 1. The second kappa shape index (κ2) is 4.04. The van der Waals surface area contributed by atoms with Crippen molar-refractivity contribution in [2.24, 2.45) is 0 Å². The van der Waals surface area contributed by atoms with Crippen LogP contribution < -0.4 is 0 Å². The van der Waals surface area contributed by atoms with Gasteiger partial charge in [0.05, 0.1) is 5.56 Å². The van der Waals surface area contributed by atoms with E-state index in [9.17, 15) is 15.0 Å². The SMILES string of the molecule is CC(=O)C[C@@H](C)c1c(O)ncnc1O. The van der Waals surface area contributed by atoms with Crippen LogP contribution in [0.3, 0.4) is 0 Å². The summed E-state index contributed by atoms with van der Waals surface area (Å²) in [5, 5.41) is 18.7. The van der Waals surface area contributed by atoms with Crippen molar-refractivity contribution in [2.45, 2.75) is 26.2 Å². The van der Waals surface area contributed by atoms with Gasteiger partial charge in [-0.3, -0.25) is 0 Å². The van der Waals surface area contributed by atoms with Crippen molar-refractivity contribution in [3.05, 3.63) is 11.9 Å². The molecule has 0 amide bonds. The summed E-state index contributed by atoms with van der Waals surface area (Å²) in [6.07, 6.45) is 1.31. The van der Waals surface area contributed by atoms with Gasteiger partial charge in [0.2, 0.25) is 11.8 Å². The van der Waals surface area contributed by atoms with Crippen LogP contribution in [-0.4, -0.2) is 26.0 Å². The second-order valence-corrected chi connectivity index (χ2v) is 3.24. The van der Waals surface area contributed by atoms with Gasteiger partial charge >= 0.3 is 0 Å². The zero-order chi connectivity index (χ0) is 10.7. The first kappa shape index (κ1) is 10.4. The molecule has 0 bridgehead atoms. The first-order valence-electron chi connectivity index (χ1n) is 4.24. The minimum atomic E-state index is -0.284. The lowest BCUT2D eigenvalue weighted by molar-refractivity contribution is -0.117. The van der Waals surface area contributed by atoms with E-state index < -0.39 is 0 Å². The molecular weight excluding hydrogens is 184 g/mol. The van der Waals surface area contributed by atoms with Crippen LogP contribution >= 0.6 is 0 Å².